The maximum Gasteiger partial charge on any atom is 0.165 e. The average molecular weight is 196 g/mol. The topological polar surface area (TPSA) is 18.5 Å². The Labute approximate surface area is 83.0 Å². The lowest BCUT2D eigenvalue weighted by Crippen LogP contribution is -2.05. The van der Waals surface area contributed by atoms with Gasteiger partial charge >= 0.3 is 0 Å². The molecule has 0 aliphatic heterocycles. The number of ether oxygens (including phenoxy) is 2. The molecule has 0 aromatic heterocycles. The van der Waals surface area contributed by atoms with Crippen molar-refractivity contribution in [3.8, 4) is 5.75 Å². The number of hydrogen-bond acceptors (Lipinski definition) is 2. The first-order valence-electron chi connectivity index (χ1n) is 4.35. The van der Waals surface area contributed by atoms with Crippen LogP contribution in [-0.4, -0.2) is 13.2 Å². The first-order valence-corrected chi connectivity index (χ1v) is 4.35. The number of benzene rings is 1. The molecule has 0 atom stereocenters. The Kier molecular flexibility index (Phi) is 3.98. The van der Waals surface area contributed by atoms with E-state index in [-0.39, 0.29) is 11.6 Å². The van der Waals surface area contributed by atoms with Gasteiger partial charge in [-0.15, -0.1) is 0 Å². The van der Waals surface area contributed by atoms with E-state index < -0.39 is 0 Å². The zero-order chi connectivity index (χ0) is 10.4. The third kappa shape index (κ3) is 3.09. The van der Waals surface area contributed by atoms with E-state index in [1.54, 1.807) is 12.1 Å². The molecule has 0 heterocycles. The Bertz CT molecular complexity index is 310. The Hall–Kier alpha value is -1.51. The van der Waals surface area contributed by atoms with Crippen molar-refractivity contribution in [3.63, 3.8) is 0 Å². The van der Waals surface area contributed by atoms with E-state index in [1.807, 2.05) is 6.92 Å². The van der Waals surface area contributed by atoms with Gasteiger partial charge in [-0.3, -0.25) is 0 Å². The van der Waals surface area contributed by atoms with Crippen molar-refractivity contribution in [2.45, 2.75) is 6.92 Å². The van der Waals surface area contributed by atoms with Gasteiger partial charge in [-0.25, -0.2) is 4.39 Å². The van der Waals surface area contributed by atoms with Gasteiger partial charge in [0.15, 0.2) is 11.6 Å². The van der Waals surface area contributed by atoms with Crippen molar-refractivity contribution >= 4 is 0 Å². The third-order valence-corrected chi connectivity index (χ3v) is 1.66. The summed E-state index contributed by atoms with van der Waals surface area (Å²) in [6.45, 7) is 5.89. The second-order valence-electron chi connectivity index (χ2n) is 2.82. The highest BCUT2D eigenvalue weighted by Gasteiger charge is 2.02. The normalized spacial score (nSPS) is 9.57. The minimum atomic E-state index is -0.344. The summed E-state index contributed by atoms with van der Waals surface area (Å²) in [4.78, 5) is 0. The van der Waals surface area contributed by atoms with E-state index in [4.69, 9.17) is 9.47 Å². The molecular formula is C11H13FO2. The summed E-state index contributed by atoms with van der Waals surface area (Å²) in [5.74, 6) is -0.0909. The van der Waals surface area contributed by atoms with Gasteiger partial charge in [-0.05, 0) is 24.6 Å². The summed E-state index contributed by atoms with van der Waals surface area (Å²) in [6, 6.07) is 4.84. The SMILES string of the molecule is C=COCCOc1ccc(C)cc1F. The van der Waals surface area contributed by atoms with Crippen molar-refractivity contribution in [3.05, 3.63) is 42.4 Å². The third-order valence-electron chi connectivity index (χ3n) is 1.66. The Balaban J connectivity index is 2.46. The first kappa shape index (κ1) is 10.6. The molecule has 0 fully saturated rings. The first-order chi connectivity index (χ1) is 6.74. The van der Waals surface area contributed by atoms with Crippen LogP contribution in [0.25, 0.3) is 0 Å². The fourth-order valence-electron chi connectivity index (χ4n) is 1.01. The molecule has 0 saturated carbocycles. The molecule has 0 unspecified atom stereocenters. The molecule has 1 aromatic carbocycles. The molecule has 0 bridgehead atoms. The van der Waals surface area contributed by atoms with Crippen LogP contribution in [0.3, 0.4) is 0 Å². The highest BCUT2D eigenvalue weighted by molar-refractivity contribution is 5.28. The van der Waals surface area contributed by atoms with Gasteiger partial charge in [0, 0.05) is 0 Å². The highest BCUT2D eigenvalue weighted by atomic mass is 19.1. The zero-order valence-electron chi connectivity index (χ0n) is 8.13. The van der Waals surface area contributed by atoms with Crippen LogP contribution in [0.5, 0.6) is 5.75 Å². The highest BCUT2D eigenvalue weighted by Crippen LogP contribution is 2.17. The standard InChI is InChI=1S/C11H13FO2/c1-3-13-6-7-14-11-5-4-9(2)8-10(11)12/h3-5,8H,1,6-7H2,2H3. The van der Waals surface area contributed by atoms with Gasteiger partial charge in [-0.2, -0.15) is 0 Å². The molecule has 1 aromatic rings. The summed E-state index contributed by atoms with van der Waals surface area (Å²) < 4.78 is 23.2. The Morgan fingerprint density at radius 3 is 2.86 bits per heavy atom. The van der Waals surface area contributed by atoms with Crippen molar-refractivity contribution in [1.29, 1.82) is 0 Å². The predicted octanol–water partition coefficient (Wildman–Crippen LogP) is 2.67. The van der Waals surface area contributed by atoms with Crippen LogP contribution < -0.4 is 4.74 Å². The molecular weight excluding hydrogens is 183 g/mol. The van der Waals surface area contributed by atoms with Crippen LogP contribution in [0.15, 0.2) is 31.0 Å². The number of halogens is 1. The number of rotatable bonds is 5. The predicted molar refractivity (Wildman–Crippen MR) is 52.8 cm³/mol. The van der Waals surface area contributed by atoms with E-state index in [9.17, 15) is 4.39 Å². The minimum Gasteiger partial charge on any atom is -0.498 e. The summed E-state index contributed by atoms with van der Waals surface area (Å²) in [7, 11) is 0. The van der Waals surface area contributed by atoms with Gasteiger partial charge in [0.1, 0.15) is 13.2 Å². The van der Waals surface area contributed by atoms with Crippen LogP contribution in [0.1, 0.15) is 5.56 Å². The van der Waals surface area contributed by atoms with Gasteiger partial charge in [0.05, 0.1) is 6.26 Å². The van der Waals surface area contributed by atoms with E-state index in [0.717, 1.165) is 5.56 Å². The summed E-state index contributed by atoms with van der Waals surface area (Å²) in [6.07, 6.45) is 1.33. The minimum absolute atomic E-state index is 0.253. The summed E-state index contributed by atoms with van der Waals surface area (Å²) >= 11 is 0. The smallest absolute Gasteiger partial charge is 0.165 e. The molecule has 1 rings (SSSR count). The molecule has 0 amide bonds. The molecule has 0 N–H and O–H groups in total. The summed E-state index contributed by atoms with van der Waals surface area (Å²) in [5.41, 5.74) is 0.872. The lowest BCUT2D eigenvalue weighted by Gasteiger charge is -2.07. The molecule has 2 nitrogen and oxygen atoms in total. The van der Waals surface area contributed by atoms with Crippen molar-refractivity contribution < 1.29 is 13.9 Å². The van der Waals surface area contributed by atoms with Gasteiger partial charge in [0.25, 0.3) is 0 Å². The molecule has 3 heteroatoms. The summed E-state index contributed by atoms with van der Waals surface area (Å²) in [5, 5.41) is 0. The number of aryl methyl sites for hydroxylation is 1. The van der Waals surface area contributed by atoms with Crippen LogP contribution >= 0.6 is 0 Å². The largest absolute Gasteiger partial charge is 0.498 e. The van der Waals surface area contributed by atoms with Crippen molar-refractivity contribution in [2.75, 3.05) is 13.2 Å². The molecule has 0 saturated heterocycles. The second kappa shape index (κ2) is 5.27. The Morgan fingerprint density at radius 2 is 2.21 bits per heavy atom. The maximum absolute atomic E-state index is 13.2. The molecule has 0 spiro atoms. The van der Waals surface area contributed by atoms with Crippen LogP contribution in [-0.2, 0) is 4.74 Å². The number of hydrogen-bond donors (Lipinski definition) is 0. The van der Waals surface area contributed by atoms with E-state index in [1.165, 1.54) is 12.3 Å². The molecule has 14 heavy (non-hydrogen) atoms. The average Bonchev–Trinajstić information content (AvgIpc) is 2.15. The van der Waals surface area contributed by atoms with Crippen LogP contribution in [0, 0.1) is 12.7 Å². The molecule has 0 radical (unpaired) electrons. The molecule has 0 aliphatic rings. The van der Waals surface area contributed by atoms with Crippen molar-refractivity contribution in [2.24, 2.45) is 0 Å². The van der Waals surface area contributed by atoms with Crippen LogP contribution in [0.4, 0.5) is 4.39 Å². The lowest BCUT2D eigenvalue weighted by molar-refractivity contribution is 0.176. The zero-order valence-corrected chi connectivity index (χ0v) is 8.13. The van der Waals surface area contributed by atoms with Crippen molar-refractivity contribution in [1.82, 2.24) is 0 Å². The monoisotopic (exact) mass is 196 g/mol. The second-order valence-corrected chi connectivity index (χ2v) is 2.82. The quantitative estimate of drug-likeness (QED) is 0.532. The van der Waals surface area contributed by atoms with E-state index in [2.05, 4.69) is 6.58 Å². The fourth-order valence-corrected chi connectivity index (χ4v) is 1.01. The van der Waals surface area contributed by atoms with Crippen LogP contribution in [0.2, 0.25) is 0 Å². The fraction of sp³-hybridized carbons (Fsp3) is 0.273. The van der Waals surface area contributed by atoms with E-state index >= 15 is 0 Å². The van der Waals surface area contributed by atoms with Gasteiger partial charge in [0.2, 0.25) is 0 Å². The Morgan fingerprint density at radius 1 is 1.43 bits per heavy atom. The lowest BCUT2D eigenvalue weighted by atomic mass is 10.2. The molecule has 76 valence electrons. The molecule has 0 aliphatic carbocycles. The van der Waals surface area contributed by atoms with Gasteiger partial charge in [-0.1, -0.05) is 12.6 Å². The van der Waals surface area contributed by atoms with E-state index in [0.29, 0.717) is 13.2 Å². The van der Waals surface area contributed by atoms with Gasteiger partial charge < -0.3 is 9.47 Å². The maximum atomic E-state index is 13.2.